The normalized spacial score (nSPS) is 10.9. The van der Waals surface area contributed by atoms with E-state index in [0.717, 1.165) is 4.68 Å². The lowest BCUT2D eigenvalue weighted by Gasteiger charge is -2.05. The van der Waals surface area contributed by atoms with Gasteiger partial charge in [0.1, 0.15) is 5.69 Å². The Morgan fingerprint density at radius 2 is 2.36 bits per heavy atom. The Kier molecular flexibility index (Phi) is 3.16. The summed E-state index contributed by atoms with van der Waals surface area (Å²) < 4.78 is 25.9. The van der Waals surface area contributed by atoms with E-state index in [1.807, 2.05) is 0 Å². The molecule has 1 heterocycles. The molecule has 0 spiro atoms. The predicted octanol–water partition coefficient (Wildman–Crippen LogP) is 1.60. The lowest BCUT2D eigenvalue weighted by Crippen LogP contribution is -2.09. The first-order valence-electron chi connectivity index (χ1n) is 4.04. The molecule has 4 nitrogen and oxygen atoms in total. The van der Waals surface area contributed by atoms with Gasteiger partial charge >= 0.3 is 5.97 Å². The maximum absolute atomic E-state index is 12.4. The van der Waals surface area contributed by atoms with Gasteiger partial charge in [-0.05, 0) is 12.5 Å². The van der Waals surface area contributed by atoms with Gasteiger partial charge in [-0.25, -0.2) is 8.78 Å². The van der Waals surface area contributed by atoms with Crippen molar-refractivity contribution in [3.63, 3.8) is 0 Å². The van der Waals surface area contributed by atoms with Crippen LogP contribution in [0, 0.1) is 6.92 Å². The number of carboxylic acids is 1. The lowest BCUT2D eigenvalue weighted by molar-refractivity contribution is -0.137. The van der Waals surface area contributed by atoms with Crippen molar-refractivity contribution in [1.82, 2.24) is 9.78 Å². The molecule has 14 heavy (non-hydrogen) atoms. The van der Waals surface area contributed by atoms with Crippen LogP contribution in [-0.2, 0) is 11.3 Å². The van der Waals surface area contributed by atoms with E-state index in [2.05, 4.69) is 5.10 Å². The van der Waals surface area contributed by atoms with Gasteiger partial charge in [-0.2, -0.15) is 5.10 Å². The Labute approximate surface area is 79.2 Å². The highest BCUT2D eigenvalue weighted by molar-refractivity contribution is 5.66. The Bertz CT molecular complexity index is 336. The van der Waals surface area contributed by atoms with Gasteiger partial charge in [0.2, 0.25) is 0 Å². The molecule has 0 aliphatic rings. The van der Waals surface area contributed by atoms with Crippen LogP contribution in [0.25, 0.3) is 0 Å². The number of halogens is 2. The van der Waals surface area contributed by atoms with Crippen LogP contribution in [0.1, 0.15) is 24.1 Å². The van der Waals surface area contributed by atoms with Gasteiger partial charge < -0.3 is 5.11 Å². The fourth-order valence-corrected chi connectivity index (χ4v) is 1.15. The quantitative estimate of drug-likeness (QED) is 0.810. The zero-order valence-corrected chi connectivity index (χ0v) is 7.57. The smallest absolute Gasteiger partial charge is 0.305 e. The standard InChI is InChI=1S/C8H10F2N2O2/c1-5-4-11-12(3-2-6(13)14)7(5)8(9)10/h4,8H,2-3H2,1H3,(H,13,14). The third kappa shape index (κ3) is 2.27. The van der Waals surface area contributed by atoms with Crippen LogP contribution in [0.2, 0.25) is 0 Å². The molecule has 1 N–H and O–H groups in total. The van der Waals surface area contributed by atoms with Crippen molar-refractivity contribution < 1.29 is 18.7 Å². The number of nitrogens with zero attached hydrogens (tertiary/aromatic N) is 2. The second-order valence-corrected chi connectivity index (χ2v) is 2.88. The van der Waals surface area contributed by atoms with E-state index >= 15 is 0 Å². The number of hydrogen-bond acceptors (Lipinski definition) is 2. The number of aliphatic carboxylic acids is 1. The zero-order chi connectivity index (χ0) is 10.7. The van der Waals surface area contributed by atoms with Gasteiger partial charge in [0, 0.05) is 0 Å². The largest absolute Gasteiger partial charge is 0.481 e. The highest BCUT2D eigenvalue weighted by Crippen LogP contribution is 2.22. The summed E-state index contributed by atoms with van der Waals surface area (Å²) in [6, 6.07) is 0. The lowest BCUT2D eigenvalue weighted by atomic mass is 10.3. The summed E-state index contributed by atoms with van der Waals surface area (Å²) in [6.45, 7) is 1.49. The molecule has 0 saturated carbocycles. The van der Waals surface area contributed by atoms with E-state index in [4.69, 9.17) is 5.11 Å². The Balaban J connectivity index is 2.81. The van der Waals surface area contributed by atoms with Crippen LogP contribution in [0.3, 0.4) is 0 Å². The molecular weight excluding hydrogens is 194 g/mol. The summed E-state index contributed by atoms with van der Waals surface area (Å²) in [6.07, 6.45) is -1.52. The van der Waals surface area contributed by atoms with Crippen LogP contribution in [0.5, 0.6) is 0 Å². The summed E-state index contributed by atoms with van der Waals surface area (Å²) in [5.41, 5.74) is 0.177. The molecule has 0 aromatic carbocycles. The molecule has 78 valence electrons. The monoisotopic (exact) mass is 204 g/mol. The molecule has 0 unspecified atom stereocenters. The average Bonchev–Trinajstić information content (AvgIpc) is 2.43. The molecule has 1 rings (SSSR count). The number of aryl methyl sites for hydroxylation is 2. The molecule has 0 saturated heterocycles. The minimum atomic E-state index is -2.62. The molecule has 0 aliphatic carbocycles. The van der Waals surface area contributed by atoms with Gasteiger partial charge in [-0.15, -0.1) is 0 Å². The van der Waals surface area contributed by atoms with Crippen LogP contribution in [-0.4, -0.2) is 20.9 Å². The summed E-state index contributed by atoms with van der Waals surface area (Å²) in [5, 5.41) is 12.1. The molecule has 0 aliphatic heterocycles. The third-order valence-electron chi connectivity index (χ3n) is 1.82. The molecular formula is C8H10F2N2O2. The molecule has 1 aromatic heterocycles. The third-order valence-corrected chi connectivity index (χ3v) is 1.82. The fourth-order valence-electron chi connectivity index (χ4n) is 1.15. The van der Waals surface area contributed by atoms with Crippen molar-refractivity contribution in [2.45, 2.75) is 26.3 Å². The fraction of sp³-hybridized carbons (Fsp3) is 0.500. The second-order valence-electron chi connectivity index (χ2n) is 2.88. The predicted molar refractivity (Wildman–Crippen MR) is 44.2 cm³/mol. The Morgan fingerprint density at radius 3 is 2.86 bits per heavy atom. The molecule has 0 fully saturated rings. The first kappa shape index (κ1) is 10.6. The van der Waals surface area contributed by atoms with E-state index in [1.54, 1.807) is 0 Å². The van der Waals surface area contributed by atoms with Crippen molar-refractivity contribution in [3.8, 4) is 0 Å². The minimum Gasteiger partial charge on any atom is -0.481 e. The second kappa shape index (κ2) is 4.17. The van der Waals surface area contributed by atoms with Crippen LogP contribution in [0.4, 0.5) is 8.78 Å². The molecule has 0 radical (unpaired) electrons. The maximum atomic E-state index is 12.4. The average molecular weight is 204 g/mol. The highest BCUT2D eigenvalue weighted by atomic mass is 19.3. The van der Waals surface area contributed by atoms with Crippen LogP contribution >= 0.6 is 0 Å². The minimum absolute atomic E-state index is 0.0250. The number of carboxylic acid groups (broad SMARTS) is 1. The molecule has 6 heteroatoms. The number of hydrogen-bond donors (Lipinski definition) is 1. The van der Waals surface area contributed by atoms with Crippen molar-refractivity contribution in [2.75, 3.05) is 0 Å². The molecule has 0 amide bonds. The summed E-state index contributed by atoms with van der Waals surface area (Å²) in [4.78, 5) is 10.2. The van der Waals surface area contributed by atoms with Gasteiger partial charge in [0.15, 0.2) is 0 Å². The summed E-state index contributed by atoms with van der Waals surface area (Å²) in [5.74, 6) is -1.03. The highest BCUT2D eigenvalue weighted by Gasteiger charge is 2.17. The van der Waals surface area contributed by atoms with Crippen LogP contribution in [0.15, 0.2) is 6.20 Å². The summed E-state index contributed by atoms with van der Waals surface area (Å²) >= 11 is 0. The maximum Gasteiger partial charge on any atom is 0.305 e. The molecule has 0 bridgehead atoms. The topological polar surface area (TPSA) is 55.1 Å². The SMILES string of the molecule is Cc1cnn(CCC(=O)O)c1C(F)F. The number of rotatable bonds is 4. The molecule has 0 atom stereocenters. The van der Waals surface area contributed by atoms with Gasteiger partial charge in [0.05, 0.1) is 19.2 Å². The number of aromatic nitrogens is 2. The first-order chi connectivity index (χ1) is 6.52. The summed E-state index contributed by atoms with van der Waals surface area (Å²) in [7, 11) is 0. The first-order valence-corrected chi connectivity index (χ1v) is 4.04. The number of carbonyl (C=O) groups is 1. The van der Waals surface area contributed by atoms with E-state index < -0.39 is 12.4 Å². The van der Waals surface area contributed by atoms with Crippen molar-refractivity contribution >= 4 is 5.97 Å². The Morgan fingerprint density at radius 1 is 1.71 bits per heavy atom. The molecule has 1 aromatic rings. The Hall–Kier alpha value is -1.46. The van der Waals surface area contributed by atoms with Crippen molar-refractivity contribution in [3.05, 3.63) is 17.5 Å². The number of alkyl halides is 2. The zero-order valence-electron chi connectivity index (χ0n) is 7.57. The van der Waals surface area contributed by atoms with Crippen molar-refractivity contribution in [1.29, 1.82) is 0 Å². The van der Waals surface area contributed by atoms with E-state index in [9.17, 15) is 13.6 Å². The van der Waals surface area contributed by atoms with Gasteiger partial charge in [-0.1, -0.05) is 0 Å². The van der Waals surface area contributed by atoms with Crippen molar-refractivity contribution in [2.24, 2.45) is 0 Å². The van der Waals surface area contributed by atoms with E-state index in [-0.39, 0.29) is 18.7 Å². The van der Waals surface area contributed by atoms with Gasteiger partial charge in [0.25, 0.3) is 6.43 Å². The van der Waals surface area contributed by atoms with Gasteiger partial charge in [-0.3, -0.25) is 9.48 Å². The van der Waals surface area contributed by atoms with Crippen LogP contribution < -0.4 is 0 Å². The van der Waals surface area contributed by atoms with E-state index in [1.165, 1.54) is 13.1 Å². The van der Waals surface area contributed by atoms with E-state index in [0.29, 0.717) is 5.56 Å².